The smallest absolute Gasteiger partial charge is 0.329 e. The van der Waals surface area contributed by atoms with Gasteiger partial charge in [0, 0.05) is 16.9 Å². The molecule has 0 radical (unpaired) electrons. The number of ether oxygens (including phenoxy) is 3. The highest BCUT2D eigenvalue weighted by atomic mass is 16.5. The maximum Gasteiger partial charge on any atom is 0.329 e. The molecule has 0 heterocycles. The second-order valence-corrected chi connectivity index (χ2v) is 7.21. The second kappa shape index (κ2) is 13.1. The van der Waals surface area contributed by atoms with Crippen LogP contribution in [-0.4, -0.2) is 44.3 Å². The molecule has 0 unspecified atom stereocenters. The lowest BCUT2D eigenvalue weighted by atomic mass is 10.2. The van der Waals surface area contributed by atoms with Crippen molar-refractivity contribution in [2.24, 2.45) is 5.10 Å². The van der Waals surface area contributed by atoms with E-state index in [1.54, 1.807) is 72.8 Å². The topological polar surface area (TPSA) is 127 Å². The number of nitrogens with zero attached hydrogens (tertiary/aromatic N) is 1. The molecule has 3 aromatic carbocycles. The van der Waals surface area contributed by atoms with E-state index in [0.717, 1.165) is 0 Å². The first-order valence-corrected chi connectivity index (χ1v) is 11.0. The first kappa shape index (κ1) is 25.8. The van der Waals surface area contributed by atoms with Crippen LogP contribution in [0.2, 0.25) is 0 Å². The van der Waals surface area contributed by atoms with Crippen molar-refractivity contribution >= 4 is 35.3 Å². The van der Waals surface area contributed by atoms with E-state index in [4.69, 9.17) is 14.2 Å². The Bertz CT molecular complexity index is 1210. The molecule has 0 aromatic heterocycles. The number of benzene rings is 3. The molecule has 0 spiro atoms. The van der Waals surface area contributed by atoms with Crippen LogP contribution in [0.3, 0.4) is 0 Å². The van der Waals surface area contributed by atoms with E-state index in [9.17, 15) is 14.4 Å². The van der Waals surface area contributed by atoms with E-state index in [-0.39, 0.29) is 12.5 Å². The zero-order valence-corrected chi connectivity index (χ0v) is 19.8. The summed E-state index contributed by atoms with van der Waals surface area (Å²) in [6.07, 6.45) is 1.32. The molecule has 0 saturated heterocycles. The molecule has 3 amide bonds. The van der Waals surface area contributed by atoms with Crippen molar-refractivity contribution in [2.75, 3.05) is 31.0 Å². The lowest BCUT2D eigenvalue weighted by molar-refractivity contribution is -0.136. The molecule has 10 heteroatoms. The summed E-state index contributed by atoms with van der Waals surface area (Å²) in [6.45, 7) is 2.21. The molecule has 3 N–H and O–H groups in total. The van der Waals surface area contributed by atoms with E-state index < -0.39 is 11.8 Å². The lowest BCUT2D eigenvalue weighted by Crippen LogP contribution is -2.32. The van der Waals surface area contributed by atoms with Gasteiger partial charge in [0.15, 0.2) is 6.61 Å². The Balaban J connectivity index is 1.50. The van der Waals surface area contributed by atoms with Crippen LogP contribution in [0.4, 0.5) is 11.4 Å². The Morgan fingerprint density at radius 2 is 1.44 bits per heavy atom. The van der Waals surface area contributed by atoms with E-state index in [1.165, 1.54) is 13.3 Å². The quantitative estimate of drug-likeness (QED) is 0.228. The monoisotopic (exact) mass is 490 g/mol. The van der Waals surface area contributed by atoms with Crippen molar-refractivity contribution in [3.63, 3.8) is 0 Å². The Kier molecular flexibility index (Phi) is 9.40. The average Bonchev–Trinajstić information content (AvgIpc) is 2.89. The number of hydrazone groups is 1. The molecule has 0 atom stereocenters. The summed E-state index contributed by atoms with van der Waals surface area (Å²) >= 11 is 0. The van der Waals surface area contributed by atoms with Crippen molar-refractivity contribution < 1.29 is 28.6 Å². The molecule has 0 aliphatic heterocycles. The van der Waals surface area contributed by atoms with Gasteiger partial charge in [-0.2, -0.15) is 5.10 Å². The molecular formula is C26H26N4O6. The number of methoxy groups -OCH3 is 1. The number of rotatable bonds is 10. The van der Waals surface area contributed by atoms with Crippen LogP contribution in [-0.2, 0) is 14.4 Å². The van der Waals surface area contributed by atoms with Crippen molar-refractivity contribution in [1.29, 1.82) is 0 Å². The molecule has 10 nitrogen and oxygen atoms in total. The van der Waals surface area contributed by atoms with E-state index in [1.807, 2.05) is 6.92 Å². The largest absolute Gasteiger partial charge is 0.497 e. The fourth-order valence-electron chi connectivity index (χ4n) is 2.93. The zero-order chi connectivity index (χ0) is 25.8. The van der Waals surface area contributed by atoms with Gasteiger partial charge in [0.25, 0.3) is 5.91 Å². The van der Waals surface area contributed by atoms with Gasteiger partial charge in [0.2, 0.25) is 0 Å². The molecule has 0 aliphatic rings. The van der Waals surface area contributed by atoms with Gasteiger partial charge >= 0.3 is 11.8 Å². The third-order valence-electron chi connectivity index (χ3n) is 4.65. The van der Waals surface area contributed by atoms with E-state index in [2.05, 4.69) is 21.2 Å². The fraction of sp³-hybridized carbons (Fsp3) is 0.154. The minimum Gasteiger partial charge on any atom is -0.497 e. The van der Waals surface area contributed by atoms with Crippen molar-refractivity contribution in [1.82, 2.24) is 5.43 Å². The van der Waals surface area contributed by atoms with Gasteiger partial charge in [-0.25, -0.2) is 5.43 Å². The molecule has 0 aliphatic carbocycles. The Hall–Kier alpha value is -4.86. The maximum absolute atomic E-state index is 12.3. The number of amides is 3. The van der Waals surface area contributed by atoms with Gasteiger partial charge in [-0.1, -0.05) is 12.1 Å². The predicted molar refractivity (Wildman–Crippen MR) is 136 cm³/mol. The number of carbonyl (C=O) groups excluding carboxylic acids is 3. The molecule has 3 rings (SSSR count). The highest BCUT2D eigenvalue weighted by Gasteiger charge is 2.13. The predicted octanol–water partition coefficient (Wildman–Crippen LogP) is 3.20. The zero-order valence-electron chi connectivity index (χ0n) is 19.8. The number of para-hydroxylation sites is 1. The second-order valence-electron chi connectivity index (χ2n) is 7.21. The summed E-state index contributed by atoms with van der Waals surface area (Å²) < 4.78 is 16.0. The molecule has 36 heavy (non-hydrogen) atoms. The molecule has 186 valence electrons. The lowest BCUT2D eigenvalue weighted by Gasteiger charge is -2.10. The third-order valence-corrected chi connectivity index (χ3v) is 4.65. The first-order valence-electron chi connectivity index (χ1n) is 11.0. The average molecular weight is 491 g/mol. The summed E-state index contributed by atoms with van der Waals surface area (Å²) in [5.41, 5.74) is 3.70. The first-order chi connectivity index (χ1) is 17.5. The number of nitrogens with one attached hydrogen (secondary N) is 3. The normalized spacial score (nSPS) is 10.4. The standard InChI is InChI=1S/C26H26N4O6/c1-3-35-22-14-10-19(11-15-22)28-24(31)17-36-23-7-5-4-6-18(23)16-27-30-26(33)25(32)29-20-8-12-21(34-2)13-9-20/h4-16H,3,17H2,1-2H3,(H,28,31)(H,29,32)(H,30,33)/b27-16-. The van der Waals surface area contributed by atoms with Crippen LogP contribution in [0, 0.1) is 0 Å². The van der Waals surface area contributed by atoms with E-state index >= 15 is 0 Å². The molecule has 0 bridgehead atoms. The summed E-state index contributed by atoms with van der Waals surface area (Å²) in [7, 11) is 1.53. The van der Waals surface area contributed by atoms with Gasteiger partial charge < -0.3 is 24.8 Å². The van der Waals surface area contributed by atoms with Crippen LogP contribution in [0.5, 0.6) is 17.2 Å². The van der Waals surface area contributed by atoms with Crippen LogP contribution in [0.25, 0.3) is 0 Å². The number of hydrogen-bond acceptors (Lipinski definition) is 7. The van der Waals surface area contributed by atoms with E-state index in [0.29, 0.717) is 40.8 Å². The van der Waals surface area contributed by atoms with Gasteiger partial charge in [-0.05, 0) is 67.6 Å². The Labute approximate surface area is 208 Å². The van der Waals surface area contributed by atoms with Gasteiger partial charge in [-0.15, -0.1) is 0 Å². The molecule has 0 fully saturated rings. The Morgan fingerprint density at radius 1 is 0.806 bits per heavy atom. The number of anilines is 2. The van der Waals surface area contributed by atoms with Crippen molar-refractivity contribution in [3.05, 3.63) is 78.4 Å². The molecular weight excluding hydrogens is 464 g/mol. The van der Waals surface area contributed by atoms with Crippen LogP contribution in [0.1, 0.15) is 12.5 Å². The van der Waals surface area contributed by atoms with Crippen molar-refractivity contribution in [2.45, 2.75) is 6.92 Å². The summed E-state index contributed by atoms with van der Waals surface area (Å²) in [5.74, 6) is -0.473. The minimum atomic E-state index is -0.949. The van der Waals surface area contributed by atoms with Crippen LogP contribution >= 0.6 is 0 Å². The summed E-state index contributed by atoms with van der Waals surface area (Å²) in [4.78, 5) is 36.4. The highest BCUT2D eigenvalue weighted by Crippen LogP contribution is 2.18. The summed E-state index contributed by atoms with van der Waals surface area (Å²) in [6, 6.07) is 20.3. The Morgan fingerprint density at radius 3 is 2.11 bits per heavy atom. The third kappa shape index (κ3) is 7.87. The highest BCUT2D eigenvalue weighted by molar-refractivity contribution is 6.39. The fourth-order valence-corrected chi connectivity index (χ4v) is 2.93. The maximum atomic E-state index is 12.3. The van der Waals surface area contributed by atoms with Gasteiger partial charge in [0.05, 0.1) is 19.9 Å². The van der Waals surface area contributed by atoms with Crippen molar-refractivity contribution in [3.8, 4) is 17.2 Å². The van der Waals surface area contributed by atoms with Gasteiger partial charge in [0.1, 0.15) is 17.2 Å². The number of hydrogen-bond donors (Lipinski definition) is 3. The van der Waals surface area contributed by atoms with Gasteiger partial charge in [-0.3, -0.25) is 14.4 Å². The molecule has 0 saturated carbocycles. The van der Waals surface area contributed by atoms with Crippen LogP contribution < -0.4 is 30.3 Å². The molecule has 3 aromatic rings. The van der Waals surface area contributed by atoms with Crippen LogP contribution in [0.15, 0.2) is 77.9 Å². The minimum absolute atomic E-state index is 0.241. The SMILES string of the molecule is CCOc1ccc(NC(=O)COc2ccccc2/C=N\NC(=O)C(=O)Nc2ccc(OC)cc2)cc1. The number of carbonyl (C=O) groups is 3. The summed E-state index contributed by atoms with van der Waals surface area (Å²) in [5, 5.41) is 9.01.